The molecule has 0 aliphatic carbocycles. The molecule has 0 saturated heterocycles. The average molecular weight is 386 g/mol. The molecule has 126 valence electrons. The maximum Gasteiger partial charge on any atom is 0.253 e. The van der Waals surface area contributed by atoms with E-state index in [-0.39, 0.29) is 18.5 Å². The number of hydrogen-bond donors (Lipinski definition) is 2. The summed E-state index contributed by atoms with van der Waals surface area (Å²) in [7, 11) is 0. The van der Waals surface area contributed by atoms with E-state index in [0.717, 1.165) is 5.56 Å². The first-order valence-electron chi connectivity index (χ1n) is 7.15. The van der Waals surface area contributed by atoms with E-state index in [2.05, 4.69) is 10.6 Å². The third kappa shape index (κ3) is 4.87. The largest absolute Gasteiger partial charge is 0.348 e. The third-order valence-corrected chi connectivity index (χ3v) is 4.23. The van der Waals surface area contributed by atoms with Gasteiger partial charge in [0.25, 0.3) is 5.91 Å². The minimum Gasteiger partial charge on any atom is -0.348 e. The van der Waals surface area contributed by atoms with E-state index in [9.17, 15) is 9.59 Å². The maximum absolute atomic E-state index is 12.0. The first kappa shape index (κ1) is 18.6. The quantitative estimate of drug-likeness (QED) is 0.808. The van der Waals surface area contributed by atoms with Crippen LogP contribution in [0.5, 0.6) is 0 Å². The van der Waals surface area contributed by atoms with E-state index in [1.165, 1.54) is 0 Å². The fourth-order valence-electron chi connectivity index (χ4n) is 2.12. The lowest BCUT2D eigenvalue weighted by Crippen LogP contribution is -2.38. The first-order chi connectivity index (χ1) is 11.4. The van der Waals surface area contributed by atoms with Gasteiger partial charge in [0.2, 0.25) is 5.91 Å². The zero-order chi connectivity index (χ0) is 17.7. The SMILES string of the molecule is C[C@H](NC(=O)CNC(=O)c1ccccc1Cl)c1ccc(Cl)cc1Cl. The summed E-state index contributed by atoms with van der Waals surface area (Å²) >= 11 is 17.9. The summed E-state index contributed by atoms with van der Waals surface area (Å²) in [5.74, 6) is -0.748. The van der Waals surface area contributed by atoms with Crippen molar-refractivity contribution < 1.29 is 9.59 Å². The number of carbonyl (C=O) groups is 2. The van der Waals surface area contributed by atoms with Gasteiger partial charge >= 0.3 is 0 Å². The lowest BCUT2D eigenvalue weighted by Gasteiger charge is -2.16. The highest BCUT2D eigenvalue weighted by molar-refractivity contribution is 6.35. The summed E-state index contributed by atoms with van der Waals surface area (Å²) in [5.41, 5.74) is 1.06. The lowest BCUT2D eigenvalue weighted by atomic mass is 10.1. The molecule has 2 aromatic rings. The standard InChI is InChI=1S/C17H15Cl3N2O2/c1-10(12-7-6-11(18)8-15(12)20)22-16(23)9-21-17(24)13-4-2-3-5-14(13)19/h2-8,10H,9H2,1H3,(H,21,24)(H,22,23)/t10-/m0/s1. The second-order valence-electron chi connectivity index (χ2n) is 5.12. The predicted octanol–water partition coefficient (Wildman–Crippen LogP) is 4.25. The normalized spacial score (nSPS) is 11.7. The molecule has 1 atom stereocenters. The van der Waals surface area contributed by atoms with Crippen molar-refractivity contribution in [2.45, 2.75) is 13.0 Å². The molecule has 0 fully saturated rings. The zero-order valence-electron chi connectivity index (χ0n) is 12.8. The molecule has 2 amide bonds. The van der Waals surface area contributed by atoms with Crippen LogP contribution < -0.4 is 10.6 Å². The average Bonchev–Trinajstić information content (AvgIpc) is 2.52. The van der Waals surface area contributed by atoms with Gasteiger partial charge in [-0.1, -0.05) is 53.0 Å². The highest BCUT2D eigenvalue weighted by atomic mass is 35.5. The smallest absolute Gasteiger partial charge is 0.253 e. The Bertz CT molecular complexity index is 765. The summed E-state index contributed by atoms with van der Waals surface area (Å²) in [4.78, 5) is 24.0. The molecule has 0 spiro atoms. The van der Waals surface area contributed by atoms with E-state index in [1.807, 2.05) is 0 Å². The van der Waals surface area contributed by atoms with Gasteiger partial charge in [-0.15, -0.1) is 0 Å². The second-order valence-corrected chi connectivity index (χ2v) is 6.37. The van der Waals surface area contributed by atoms with Crippen LogP contribution >= 0.6 is 34.8 Å². The molecule has 0 aromatic heterocycles. The molecule has 0 saturated carbocycles. The molecule has 0 unspecified atom stereocenters. The summed E-state index contributed by atoms with van der Waals surface area (Å²) in [6.45, 7) is 1.63. The monoisotopic (exact) mass is 384 g/mol. The van der Waals surface area contributed by atoms with Gasteiger partial charge in [-0.25, -0.2) is 0 Å². The number of carbonyl (C=O) groups excluding carboxylic acids is 2. The van der Waals surface area contributed by atoms with Crippen LogP contribution in [-0.2, 0) is 4.79 Å². The van der Waals surface area contributed by atoms with E-state index < -0.39 is 5.91 Å². The Kier molecular flexibility index (Phi) is 6.49. The Hall–Kier alpha value is -1.75. The molecule has 0 aliphatic rings. The fourth-order valence-corrected chi connectivity index (χ4v) is 2.92. The van der Waals surface area contributed by atoms with Crippen molar-refractivity contribution in [3.05, 3.63) is 68.7 Å². The Morgan fingerprint density at radius 2 is 1.75 bits per heavy atom. The summed E-state index contributed by atoms with van der Waals surface area (Å²) < 4.78 is 0. The van der Waals surface area contributed by atoms with Crippen LogP contribution in [0.15, 0.2) is 42.5 Å². The van der Waals surface area contributed by atoms with Gasteiger partial charge in [-0.3, -0.25) is 9.59 Å². The molecule has 2 aromatic carbocycles. The molecular weight excluding hydrogens is 371 g/mol. The minimum absolute atomic E-state index is 0.167. The first-order valence-corrected chi connectivity index (χ1v) is 8.29. The number of amides is 2. The predicted molar refractivity (Wildman–Crippen MR) is 96.8 cm³/mol. The zero-order valence-corrected chi connectivity index (χ0v) is 15.0. The van der Waals surface area contributed by atoms with E-state index in [0.29, 0.717) is 20.6 Å². The fraction of sp³-hybridized carbons (Fsp3) is 0.176. The van der Waals surface area contributed by atoms with Crippen molar-refractivity contribution in [2.24, 2.45) is 0 Å². The van der Waals surface area contributed by atoms with Crippen molar-refractivity contribution in [1.29, 1.82) is 0 Å². The van der Waals surface area contributed by atoms with Crippen molar-refractivity contribution in [2.75, 3.05) is 6.54 Å². The Morgan fingerprint density at radius 1 is 1.04 bits per heavy atom. The highest BCUT2D eigenvalue weighted by Gasteiger charge is 2.15. The molecule has 2 N–H and O–H groups in total. The number of rotatable bonds is 5. The molecule has 0 radical (unpaired) electrons. The molecule has 4 nitrogen and oxygen atoms in total. The minimum atomic E-state index is -0.409. The number of benzene rings is 2. The third-order valence-electron chi connectivity index (χ3n) is 3.33. The van der Waals surface area contributed by atoms with Crippen LogP contribution in [0, 0.1) is 0 Å². The molecule has 24 heavy (non-hydrogen) atoms. The van der Waals surface area contributed by atoms with Crippen LogP contribution in [0.3, 0.4) is 0 Å². The Morgan fingerprint density at radius 3 is 2.42 bits per heavy atom. The van der Waals surface area contributed by atoms with Gasteiger partial charge in [-0.05, 0) is 36.8 Å². The van der Waals surface area contributed by atoms with Crippen LogP contribution in [0.2, 0.25) is 15.1 Å². The van der Waals surface area contributed by atoms with Gasteiger partial charge in [0.15, 0.2) is 0 Å². The van der Waals surface area contributed by atoms with Crippen molar-refractivity contribution in [1.82, 2.24) is 10.6 Å². The second kappa shape index (κ2) is 8.38. The van der Waals surface area contributed by atoms with Gasteiger partial charge in [0.1, 0.15) is 0 Å². The van der Waals surface area contributed by atoms with Crippen LogP contribution in [0.1, 0.15) is 28.9 Å². The van der Waals surface area contributed by atoms with Gasteiger partial charge < -0.3 is 10.6 Å². The molecule has 0 heterocycles. The van der Waals surface area contributed by atoms with Gasteiger partial charge in [0.05, 0.1) is 23.2 Å². The molecule has 0 aliphatic heterocycles. The van der Waals surface area contributed by atoms with Gasteiger partial charge in [0, 0.05) is 10.0 Å². The van der Waals surface area contributed by atoms with Gasteiger partial charge in [-0.2, -0.15) is 0 Å². The molecule has 0 bridgehead atoms. The lowest BCUT2D eigenvalue weighted by molar-refractivity contribution is -0.120. The number of hydrogen-bond acceptors (Lipinski definition) is 2. The highest BCUT2D eigenvalue weighted by Crippen LogP contribution is 2.25. The Labute approximate surface area is 155 Å². The number of halogens is 3. The molecule has 7 heteroatoms. The van der Waals surface area contributed by atoms with E-state index in [1.54, 1.807) is 49.4 Å². The van der Waals surface area contributed by atoms with Crippen molar-refractivity contribution >= 4 is 46.6 Å². The summed E-state index contributed by atoms with van der Waals surface area (Å²) in [5, 5.41) is 6.62. The molecule has 2 rings (SSSR count). The maximum atomic E-state index is 12.0. The topological polar surface area (TPSA) is 58.2 Å². The van der Waals surface area contributed by atoms with Crippen molar-refractivity contribution in [3.8, 4) is 0 Å². The molecular formula is C17H15Cl3N2O2. The van der Waals surface area contributed by atoms with E-state index >= 15 is 0 Å². The summed E-state index contributed by atoms with van der Waals surface area (Å²) in [6, 6.07) is 11.4. The Balaban J connectivity index is 1.91. The van der Waals surface area contributed by atoms with E-state index in [4.69, 9.17) is 34.8 Å². The summed E-state index contributed by atoms with van der Waals surface area (Å²) in [6.07, 6.45) is 0. The van der Waals surface area contributed by atoms with Crippen molar-refractivity contribution in [3.63, 3.8) is 0 Å². The van der Waals surface area contributed by atoms with Crippen LogP contribution in [0.4, 0.5) is 0 Å². The van der Waals surface area contributed by atoms with Crippen LogP contribution in [-0.4, -0.2) is 18.4 Å². The van der Waals surface area contributed by atoms with Crippen LogP contribution in [0.25, 0.3) is 0 Å². The number of nitrogens with one attached hydrogen (secondary N) is 2.